The van der Waals surface area contributed by atoms with Gasteiger partial charge in [-0.2, -0.15) is 0 Å². The standard InChI is InChI=1S/C10H11FO3/c1-3-14-10-7(6-12)9(13-2)5-4-8(10)11/h4-6H,3H2,1-2H3. The van der Waals surface area contributed by atoms with Crippen molar-refractivity contribution in [2.45, 2.75) is 6.92 Å². The van der Waals surface area contributed by atoms with Crippen molar-refractivity contribution in [3.8, 4) is 11.5 Å². The third-order valence-electron chi connectivity index (χ3n) is 1.73. The van der Waals surface area contributed by atoms with E-state index in [0.717, 1.165) is 0 Å². The smallest absolute Gasteiger partial charge is 0.169 e. The van der Waals surface area contributed by atoms with Gasteiger partial charge in [-0.05, 0) is 19.1 Å². The molecule has 0 saturated carbocycles. The Balaban J connectivity index is 3.27. The Morgan fingerprint density at radius 2 is 2.21 bits per heavy atom. The lowest BCUT2D eigenvalue weighted by Crippen LogP contribution is -2.01. The summed E-state index contributed by atoms with van der Waals surface area (Å²) in [5, 5.41) is 0. The normalized spacial score (nSPS) is 9.64. The zero-order valence-electron chi connectivity index (χ0n) is 8.04. The Bertz CT molecular complexity index is 336. The molecule has 0 bridgehead atoms. The van der Waals surface area contributed by atoms with Gasteiger partial charge in [0.15, 0.2) is 17.9 Å². The summed E-state index contributed by atoms with van der Waals surface area (Å²) in [5.74, 6) is -0.304. The Morgan fingerprint density at radius 3 is 2.71 bits per heavy atom. The first kappa shape index (κ1) is 10.5. The molecule has 1 rings (SSSR count). The van der Waals surface area contributed by atoms with Gasteiger partial charge >= 0.3 is 0 Å². The monoisotopic (exact) mass is 198 g/mol. The second-order valence-corrected chi connectivity index (χ2v) is 2.54. The van der Waals surface area contributed by atoms with E-state index in [9.17, 15) is 9.18 Å². The summed E-state index contributed by atoms with van der Waals surface area (Å²) in [4.78, 5) is 10.7. The van der Waals surface area contributed by atoms with E-state index in [4.69, 9.17) is 9.47 Å². The lowest BCUT2D eigenvalue weighted by Gasteiger charge is -2.10. The minimum Gasteiger partial charge on any atom is -0.496 e. The van der Waals surface area contributed by atoms with Crippen LogP contribution in [0.15, 0.2) is 12.1 Å². The average molecular weight is 198 g/mol. The molecule has 1 aromatic rings. The Hall–Kier alpha value is -1.58. The molecule has 0 N–H and O–H groups in total. The van der Waals surface area contributed by atoms with Crippen LogP contribution in [0, 0.1) is 5.82 Å². The number of carbonyl (C=O) groups is 1. The quantitative estimate of drug-likeness (QED) is 0.694. The molecule has 0 fully saturated rings. The van der Waals surface area contributed by atoms with E-state index >= 15 is 0 Å². The second-order valence-electron chi connectivity index (χ2n) is 2.54. The number of benzene rings is 1. The van der Waals surface area contributed by atoms with Gasteiger partial charge in [0.05, 0.1) is 13.7 Å². The number of methoxy groups -OCH3 is 1. The molecule has 0 atom stereocenters. The molecule has 0 aliphatic heterocycles. The van der Waals surface area contributed by atoms with Gasteiger partial charge < -0.3 is 9.47 Å². The molecule has 0 aliphatic rings. The molecular weight excluding hydrogens is 187 g/mol. The summed E-state index contributed by atoms with van der Waals surface area (Å²) < 4.78 is 23.1. The Kier molecular flexibility index (Phi) is 3.45. The fourth-order valence-corrected chi connectivity index (χ4v) is 1.14. The van der Waals surface area contributed by atoms with E-state index in [0.29, 0.717) is 18.6 Å². The first-order valence-corrected chi connectivity index (χ1v) is 4.19. The average Bonchev–Trinajstić information content (AvgIpc) is 2.21. The van der Waals surface area contributed by atoms with Crippen molar-refractivity contribution >= 4 is 6.29 Å². The summed E-state index contributed by atoms with van der Waals surface area (Å²) in [6.07, 6.45) is 0.521. The van der Waals surface area contributed by atoms with Crippen LogP contribution in [-0.4, -0.2) is 20.0 Å². The number of ether oxygens (including phenoxy) is 2. The molecule has 0 spiro atoms. The highest BCUT2D eigenvalue weighted by Crippen LogP contribution is 2.29. The highest BCUT2D eigenvalue weighted by molar-refractivity contribution is 5.83. The summed E-state index contributed by atoms with van der Waals surface area (Å²) in [7, 11) is 1.41. The molecule has 1 aromatic carbocycles. The molecule has 14 heavy (non-hydrogen) atoms. The number of hydrogen-bond donors (Lipinski definition) is 0. The highest BCUT2D eigenvalue weighted by atomic mass is 19.1. The first-order chi connectivity index (χ1) is 6.74. The molecule has 3 nitrogen and oxygen atoms in total. The number of rotatable bonds is 4. The van der Waals surface area contributed by atoms with Crippen LogP contribution in [0.5, 0.6) is 11.5 Å². The van der Waals surface area contributed by atoms with Crippen LogP contribution >= 0.6 is 0 Å². The van der Waals surface area contributed by atoms with Gasteiger partial charge in [-0.1, -0.05) is 0 Å². The van der Waals surface area contributed by atoms with Crippen LogP contribution in [0.25, 0.3) is 0 Å². The van der Waals surface area contributed by atoms with E-state index in [2.05, 4.69) is 0 Å². The Labute approximate surface area is 81.4 Å². The van der Waals surface area contributed by atoms with E-state index in [1.807, 2.05) is 0 Å². The maximum Gasteiger partial charge on any atom is 0.169 e. The molecule has 0 radical (unpaired) electrons. The van der Waals surface area contributed by atoms with Gasteiger partial charge in [-0.3, -0.25) is 4.79 Å². The summed E-state index contributed by atoms with van der Waals surface area (Å²) in [5.41, 5.74) is 0.106. The number of halogens is 1. The summed E-state index contributed by atoms with van der Waals surface area (Å²) >= 11 is 0. The highest BCUT2D eigenvalue weighted by Gasteiger charge is 2.14. The molecule has 76 valence electrons. The summed E-state index contributed by atoms with van der Waals surface area (Å²) in [6, 6.07) is 2.60. The molecule has 0 heterocycles. The van der Waals surface area contributed by atoms with Gasteiger partial charge in [-0.15, -0.1) is 0 Å². The zero-order valence-corrected chi connectivity index (χ0v) is 8.04. The van der Waals surface area contributed by atoms with E-state index in [-0.39, 0.29) is 11.3 Å². The molecule has 0 aromatic heterocycles. The van der Waals surface area contributed by atoms with Crippen LogP contribution in [-0.2, 0) is 0 Å². The van der Waals surface area contributed by atoms with Crippen LogP contribution in [0.2, 0.25) is 0 Å². The first-order valence-electron chi connectivity index (χ1n) is 4.19. The Morgan fingerprint density at radius 1 is 1.50 bits per heavy atom. The van der Waals surface area contributed by atoms with Crippen molar-refractivity contribution in [1.29, 1.82) is 0 Å². The lowest BCUT2D eigenvalue weighted by molar-refractivity contribution is 0.111. The van der Waals surface area contributed by atoms with Crippen LogP contribution in [0.4, 0.5) is 4.39 Å². The van der Waals surface area contributed by atoms with Crippen molar-refractivity contribution in [3.63, 3.8) is 0 Å². The lowest BCUT2D eigenvalue weighted by atomic mass is 10.2. The minimum absolute atomic E-state index is 0.0538. The molecular formula is C10H11FO3. The topological polar surface area (TPSA) is 35.5 Å². The predicted octanol–water partition coefficient (Wildman–Crippen LogP) is 2.05. The SMILES string of the molecule is CCOc1c(F)ccc(OC)c1C=O. The molecule has 4 heteroatoms. The van der Waals surface area contributed by atoms with Gasteiger partial charge in [-0.25, -0.2) is 4.39 Å². The molecule has 0 amide bonds. The summed E-state index contributed by atoms with van der Waals surface area (Å²) in [6.45, 7) is 2.01. The van der Waals surface area contributed by atoms with Crippen LogP contribution in [0.3, 0.4) is 0 Å². The van der Waals surface area contributed by atoms with Crippen molar-refractivity contribution in [1.82, 2.24) is 0 Å². The van der Waals surface area contributed by atoms with Crippen molar-refractivity contribution in [3.05, 3.63) is 23.5 Å². The van der Waals surface area contributed by atoms with Gasteiger partial charge in [0.1, 0.15) is 11.3 Å². The second kappa shape index (κ2) is 4.60. The van der Waals surface area contributed by atoms with Crippen LogP contribution < -0.4 is 9.47 Å². The number of carbonyl (C=O) groups excluding carboxylic acids is 1. The van der Waals surface area contributed by atoms with Gasteiger partial charge in [0, 0.05) is 0 Å². The van der Waals surface area contributed by atoms with E-state index in [1.165, 1.54) is 19.2 Å². The van der Waals surface area contributed by atoms with Crippen molar-refractivity contribution < 1.29 is 18.7 Å². The number of hydrogen-bond acceptors (Lipinski definition) is 3. The fraction of sp³-hybridized carbons (Fsp3) is 0.300. The third kappa shape index (κ3) is 1.84. The predicted molar refractivity (Wildman–Crippen MR) is 49.5 cm³/mol. The molecule has 0 unspecified atom stereocenters. The maximum absolute atomic E-state index is 13.2. The zero-order chi connectivity index (χ0) is 10.6. The molecule has 0 saturated heterocycles. The largest absolute Gasteiger partial charge is 0.496 e. The van der Waals surface area contributed by atoms with Crippen molar-refractivity contribution in [2.75, 3.05) is 13.7 Å². The third-order valence-corrected chi connectivity index (χ3v) is 1.73. The van der Waals surface area contributed by atoms with Gasteiger partial charge in [0.25, 0.3) is 0 Å². The van der Waals surface area contributed by atoms with E-state index in [1.54, 1.807) is 6.92 Å². The fourth-order valence-electron chi connectivity index (χ4n) is 1.14. The van der Waals surface area contributed by atoms with Crippen molar-refractivity contribution in [2.24, 2.45) is 0 Å². The maximum atomic E-state index is 13.2. The molecule has 0 aliphatic carbocycles. The van der Waals surface area contributed by atoms with Gasteiger partial charge in [0.2, 0.25) is 0 Å². The van der Waals surface area contributed by atoms with E-state index < -0.39 is 5.82 Å². The number of aldehydes is 1. The minimum atomic E-state index is -0.560. The van der Waals surface area contributed by atoms with Crippen LogP contribution in [0.1, 0.15) is 17.3 Å².